The van der Waals surface area contributed by atoms with Gasteiger partial charge in [-0.05, 0) is 48.2 Å². The van der Waals surface area contributed by atoms with Gasteiger partial charge in [0.05, 0.1) is 20.6 Å². The lowest BCUT2D eigenvalue weighted by Gasteiger charge is -2.13. The second-order valence-corrected chi connectivity index (χ2v) is 8.62. The number of nitrogens with zero attached hydrogens (tertiary/aromatic N) is 1. The number of nitrogens with one attached hydrogen (secondary N) is 1. The summed E-state index contributed by atoms with van der Waals surface area (Å²) >= 11 is 12.8. The zero-order chi connectivity index (χ0) is 24.6. The molecule has 12 heteroatoms. The average molecular weight is 527 g/mol. The molecule has 2 heterocycles. The number of rotatable bonds is 5. The van der Waals surface area contributed by atoms with Crippen LogP contribution in [0.15, 0.2) is 51.8 Å². The molecule has 0 atom stereocenters. The molecule has 1 N–H and O–H groups in total. The summed E-state index contributed by atoms with van der Waals surface area (Å²) in [6, 6.07) is 9.61. The van der Waals surface area contributed by atoms with Gasteiger partial charge in [0.2, 0.25) is 5.91 Å². The van der Waals surface area contributed by atoms with Gasteiger partial charge in [-0.1, -0.05) is 29.3 Å². The second-order valence-electron chi connectivity index (χ2n) is 6.84. The summed E-state index contributed by atoms with van der Waals surface area (Å²) in [5.74, 6) is -5.93. The molecule has 1 fully saturated rings. The highest BCUT2D eigenvalue weighted by molar-refractivity contribution is 8.18. The van der Waals surface area contributed by atoms with Crippen LogP contribution in [-0.2, 0) is 9.59 Å². The Kier molecular flexibility index (Phi) is 6.74. The van der Waals surface area contributed by atoms with Crippen LogP contribution >= 0.6 is 35.0 Å². The highest BCUT2D eigenvalue weighted by Gasteiger charge is 2.36. The first-order chi connectivity index (χ1) is 16.2. The highest BCUT2D eigenvalue weighted by atomic mass is 35.5. The summed E-state index contributed by atoms with van der Waals surface area (Å²) in [5, 5.41) is 1.88. The maximum absolute atomic E-state index is 13.7. The molecule has 3 amide bonds. The number of anilines is 1. The van der Waals surface area contributed by atoms with Crippen molar-refractivity contribution in [3.8, 4) is 11.3 Å². The quantitative estimate of drug-likeness (QED) is 0.309. The molecule has 34 heavy (non-hydrogen) atoms. The Morgan fingerprint density at radius 3 is 2.59 bits per heavy atom. The normalized spacial score (nSPS) is 14.9. The van der Waals surface area contributed by atoms with Crippen molar-refractivity contribution in [2.45, 2.75) is 0 Å². The molecule has 0 spiro atoms. The summed E-state index contributed by atoms with van der Waals surface area (Å²) in [6.45, 7) is -0.762. The van der Waals surface area contributed by atoms with E-state index in [0.29, 0.717) is 39.1 Å². The molecule has 1 aliphatic rings. The van der Waals surface area contributed by atoms with Crippen molar-refractivity contribution in [3.05, 3.63) is 80.6 Å². The first-order valence-electron chi connectivity index (χ1n) is 9.38. The topological polar surface area (TPSA) is 79.6 Å². The minimum absolute atomic E-state index is 0.0186. The van der Waals surface area contributed by atoms with Gasteiger partial charge in [-0.15, -0.1) is 0 Å². The van der Waals surface area contributed by atoms with E-state index >= 15 is 0 Å². The van der Waals surface area contributed by atoms with Gasteiger partial charge in [0, 0.05) is 11.6 Å². The van der Waals surface area contributed by atoms with Gasteiger partial charge in [-0.25, -0.2) is 13.2 Å². The van der Waals surface area contributed by atoms with Crippen molar-refractivity contribution in [1.29, 1.82) is 0 Å². The molecule has 6 nitrogen and oxygen atoms in total. The molecule has 4 rings (SSSR count). The van der Waals surface area contributed by atoms with E-state index in [0.717, 1.165) is 6.07 Å². The molecule has 0 aliphatic carbocycles. The summed E-state index contributed by atoms with van der Waals surface area (Å²) < 4.78 is 45.8. The number of thioether (sulfide) groups is 1. The van der Waals surface area contributed by atoms with Crippen LogP contribution in [0.5, 0.6) is 0 Å². The van der Waals surface area contributed by atoms with Crippen LogP contribution in [0.4, 0.5) is 23.7 Å². The summed E-state index contributed by atoms with van der Waals surface area (Å²) in [7, 11) is 0. The third-order valence-corrected chi connectivity index (χ3v) is 6.33. The fraction of sp³-hybridized carbons (Fsp3) is 0.0455. The van der Waals surface area contributed by atoms with Crippen molar-refractivity contribution < 1.29 is 32.0 Å². The number of furan rings is 1. The standard InChI is InChI=1S/C22H11Cl2F3N2O4S/c23-12-3-1-2-11(18(12)24)15-7-4-10(33-15)8-16-21(31)29(22(32)34-16)9-17(30)28-14-6-5-13(25)19(26)20(14)27/h1-8H,9H2,(H,28,30)/b16-8+. The number of halogens is 5. The van der Waals surface area contributed by atoms with Crippen molar-refractivity contribution in [2.24, 2.45) is 0 Å². The van der Waals surface area contributed by atoms with E-state index in [-0.39, 0.29) is 15.7 Å². The van der Waals surface area contributed by atoms with Gasteiger partial charge < -0.3 is 9.73 Å². The number of imide groups is 1. The summed E-state index contributed by atoms with van der Waals surface area (Å²) in [6.07, 6.45) is 1.32. The Labute approximate surface area is 204 Å². The molecule has 3 aromatic rings. The molecule has 2 aromatic carbocycles. The molecule has 1 aliphatic heterocycles. The third kappa shape index (κ3) is 4.70. The number of carbonyl (C=O) groups excluding carboxylic acids is 3. The largest absolute Gasteiger partial charge is 0.457 e. The summed E-state index contributed by atoms with van der Waals surface area (Å²) in [5.41, 5.74) is -0.0998. The van der Waals surface area contributed by atoms with Crippen molar-refractivity contribution in [2.75, 3.05) is 11.9 Å². The maximum atomic E-state index is 13.7. The van der Waals surface area contributed by atoms with Gasteiger partial charge in [-0.3, -0.25) is 19.3 Å². The van der Waals surface area contributed by atoms with E-state index in [1.165, 1.54) is 6.08 Å². The molecular formula is C22H11Cl2F3N2O4S. The van der Waals surface area contributed by atoms with Gasteiger partial charge in [0.15, 0.2) is 17.5 Å². The van der Waals surface area contributed by atoms with Crippen LogP contribution in [-0.4, -0.2) is 28.5 Å². The lowest BCUT2D eigenvalue weighted by molar-refractivity contribution is -0.127. The van der Waals surface area contributed by atoms with E-state index in [2.05, 4.69) is 0 Å². The highest BCUT2D eigenvalue weighted by Crippen LogP contribution is 2.36. The number of carbonyl (C=O) groups is 3. The Bertz CT molecular complexity index is 1380. The number of amides is 3. The van der Waals surface area contributed by atoms with Crippen LogP contribution in [0, 0.1) is 17.5 Å². The first-order valence-corrected chi connectivity index (χ1v) is 11.0. The van der Waals surface area contributed by atoms with Crippen LogP contribution < -0.4 is 5.32 Å². The van der Waals surface area contributed by atoms with Gasteiger partial charge >= 0.3 is 0 Å². The van der Waals surface area contributed by atoms with Crippen LogP contribution in [0.1, 0.15) is 5.76 Å². The smallest absolute Gasteiger partial charge is 0.294 e. The zero-order valence-corrected chi connectivity index (χ0v) is 19.0. The monoisotopic (exact) mass is 526 g/mol. The van der Waals surface area contributed by atoms with Gasteiger partial charge in [0.1, 0.15) is 18.1 Å². The molecule has 0 bridgehead atoms. The Morgan fingerprint density at radius 1 is 1.06 bits per heavy atom. The molecule has 0 unspecified atom stereocenters. The Hall–Kier alpha value is -3.21. The number of hydrogen-bond acceptors (Lipinski definition) is 5. The van der Waals surface area contributed by atoms with Crippen LogP contribution in [0.3, 0.4) is 0 Å². The molecule has 1 aromatic heterocycles. The van der Waals surface area contributed by atoms with Crippen LogP contribution in [0.25, 0.3) is 17.4 Å². The van der Waals surface area contributed by atoms with E-state index in [4.69, 9.17) is 27.6 Å². The molecule has 0 saturated carbocycles. The average Bonchev–Trinajstić information content (AvgIpc) is 3.36. The Balaban J connectivity index is 1.48. The predicted molar refractivity (Wildman–Crippen MR) is 122 cm³/mol. The van der Waals surface area contributed by atoms with Crippen molar-refractivity contribution >= 4 is 63.8 Å². The predicted octanol–water partition coefficient (Wildman–Crippen LogP) is 6.35. The number of benzene rings is 2. The molecular weight excluding hydrogens is 516 g/mol. The van der Waals surface area contributed by atoms with E-state index in [9.17, 15) is 27.6 Å². The minimum atomic E-state index is -1.76. The van der Waals surface area contributed by atoms with E-state index in [1.54, 1.807) is 30.3 Å². The van der Waals surface area contributed by atoms with Crippen molar-refractivity contribution in [1.82, 2.24) is 4.90 Å². The number of hydrogen-bond donors (Lipinski definition) is 1. The van der Waals surface area contributed by atoms with Gasteiger partial charge in [-0.2, -0.15) is 0 Å². The Morgan fingerprint density at radius 2 is 1.82 bits per heavy atom. The lowest BCUT2D eigenvalue weighted by Crippen LogP contribution is -2.36. The molecule has 1 saturated heterocycles. The minimum Gasteiger partial charge on any atom is -0.457 e. The lowest BCUT2D eigenvalue weighted by atomic mass is 10.2. The zero-order valence-electron chi connectivity index (χ0n) is 16.7. The third-order valence-electron chi connectivity index (χ3n) is 4.60. The van der Waals surface area contributed by atoms with Gasteiger partial charge in [0.25, 0.3) is 11.1 Å². The maximum Gasteiger partial charge on any atom is 0.294 e. The van der Waals surface area contributed by atoms with Crippen molar-refractivity contribution in [3.63, 3.8) is 0 Å². The fourth-order valence-electron chi connectivity index (χ4n) is 2.99. The molecule has 0 radical (unpaired) electrons. The first kappa shape index (κ1) is 23.9. The SMILES string of the molecule is O=C(CN1C(=O)S/C(=C/c2ccc(-c3cccc(Cl)c3Cl)o2)C1=O)Nc1ccc(F)c(F)c1F. The second kappa shape index (κ2) is 9.57. The van der Waals surface area contributed by atoms with Crippen LogP contribution in [0.2, 0.25) is 10.0 Å². The van der Waals surface area contributed by atoms with E-state index < -0.39 is 46.7 Å². The van der Waals surface area contributed by atoms with E-state index in [1.807, 2.05) is 5.32 Å². The molecule has 174 valence electrons. The fourth-order valence-corrected chi connectivity index (χ4v) is 4.20. The summed E-state index contributed by atoms with van der Waals surface area (Å²) in [4.78, 5) is 37.7.